The summed E-state index contributed by atoms with van der Waals surface area (Å²) in [6, 6.07) is 0.185. The van der Waals surface area contributed by atoms with Gasteiger partial charge in [0.15, 0.2) is 9.84 Å². The van der Waals surface area contributed by atoms with Gasteiger partial charge in [0.1, 0.15) is 5.78 Å². The van der Waals surface area contributed by atoms with E-state index in [9.17, 15) is 13.2 Å². The van der Waals surface area contributed by atoms with E-state index in [1.165, 1.54) is 0 Å². The molecular weight excluding hydrogens is 202 g/mol. The molecule has 0 amide bonds. The molecule has 0 aromatic carbocycles. The molecule has 0 spiro atoms. The zero-order chi connectivity index (χ0) is 10.3. The molecule has 2 aliphatic heterocycles. The summed E-state index contributed by atoms with van der Waals surface area (Å²) in [5, 5.41) is -0.153. The fourth-order valence-corrected chi connectivity index (χ4v) is 4.44. The van der Waals surface area contributed by atoms with Crippen molar-refractivity contribution >= 4 is 15.6 Å². The first kappa shape index (κ1) is 10.1. The number of fused-ring (bicyclic) bond motifs is 2. The van der Waals surface area contributed by atoms with Crippen LogP contribution in [0.2, 0.25) is 0 Å². The molecule has 5 heteroatoms. The minimum absolute atomic E-state index is 0.153. The summed E-state index contributed by atoms with van der Waals surface area (Å²) < 4.78 is 22.8. The number of hydrogen-bond acceptors (Lipinski definition) is 4. The average molecular weight is 217 g/mol. The highest BCUT2D eigenvalue weighted by atomic mass is 32.2. The van der Waals surface area contributed by atoms with Crippen LogP contribution in [0.1, 0.15) is 19.8 Å². The summed E-state index contributed by atoms with van der Waals surface area (Å²) in [5.74, 6) is 0.478. The van der Waals surface area contributed by atoms with Gasteiger partial charge in [-0.05, 0) is 13.3 Å². The summed E-state index contributed by atoms with van der Waals surface area (Å²) in [5.41, 5.74) is 0. The van der Waals surface area contributed by atoms with E-state index in [2.05, 4.69) is 4.90 Å². The normalized spacial score (nSPS) is 34.9. The van der Waals surface area contributed by atoms with E-state index in [0.29, 0.717) is 18.7 Å². The zero-order valence-corrected chi connectivity index (χ0v) is 9.09. The molecule has 0 N–H and O–H groups in total. The SMILES string of the molecule is CC(=O)CCN1CC2CC1CS2(=O)=O. The second-order valence-corrected chi connectivity index (χ2v) is 6.61. The van der Waals surface area contributed by atoms with E-state index in [1.807, 2.05) is 0 Å². The van der Waals surface area contributed by atoms with Crippen molar-refractivity contribution in [2.45, 2.75) is 31.1 Å². The maximum atomic E-state index is 11.4. The minimum Gasteiger partial charge on any atom is -0.300 e. The van der Waals surface area contributed by atoms with Crippen molar-refractivity contribution in [1.29, 1.82) is 0 Å². The summed E-state index contributed by atoms with van der Waals surface area (Å²) in [6.07, 6.45) is 1.32. The van der Waals surface area contributed by atoms with Gasteiger partial charge in [0, 0.05) is 25.6 Å². The van der Waals surface area contributed by atoms with Gasteiger partial charge < -0.3 is 0 Å². The van der Waals surface area contributed by atoms with Crippen molar-refractivity contribution in [2.24, 2.45) is 0 Å². The van der Waals surface area contributed by atoms with Gasteiger partial charge in [0.25, 0.3) is 0 Å². The third-order valence-corrected chi connectivity index (χ3v) is 5.38. The predicted molar refractivity (Wildman–Crippen MR) is 52.9 cm³/mol. The molecule has 0 saturated carbocycles. The van der Waals surface area contributed by atoms with Crippen molar-refractivity contribution in [3.05, 3.63) is 0 Å². The van der Waals surface area contributed by atoms with Gasteiger partial charge in [-0.2, -0.15) is 0 Å². The fraction of sp³-hybridized carbons (Fsp3) is 0.889. The Balaban J connectivity index is 1.94. The summed E-state index contributed by atoms with van der Waals surface area (Å²) in [6.45, 7) is 2.94. The second-order valence-electron chi connectivity index (χ2n) is 4.29. The van der Waals surface area contributed by atoms with Crippen molar-refractivity contribution in [3.63, 3.8) is 0 Å². The largest absolute Gasteiger partial charge is 0.300 e. The Labute approximate surface area is 84.2 Å². The van der Waals surface area contributed by atoms with Gasteiger partial charge >= 0.3 is 0 Å². The number of rotatable bonds is 3. The Bertz CT molecular complexity index is 349. The summed E-state index contributed by atoms with van der Waals surface area (Å²) in [4.78, 5) is 12.9. The fourth-order valence-electron chi connectivity index (χ4n) is 2.35. The Morgan fingerprint density at radius 3 is 2.64 bits per heavy atom. The number of nitrogens with zero attached hydrogens (tertiary/aromatic N) is 1. The first-order chi connectivity index (χ1) is 6.49. The molecule has 2 bridgehead atoms. The third kappa shape index (κ3) is 1.70. The second kappa shape index (κ2) is 3.31. The molecule has 2 atom stereocenters. The van der Waals surface area contributed by atoms with Crippen LogP contribution in [0.25, 0.3) is 0 Å². The topological polar surface area (TPSA) is 54.5 Å². The van der Waals surface area contributed by atoms with Crippen LogP contribution in [0.4, 0.5) is 0 Å². The van der Waals surface area contributed by atoms with Crippen molar-refractivity contribution in [3.8, 4) is 0 Å². The van der Waals surface area contributed by atoms with Crippen LogP contribution in [0.5, 0.6) is 0 Å². The van der Waals surface area contributed by atoms with Gasteiger partial charge in [-0.3, -0.25) is 9.69 Å². The van der Waals surface area contributed by atoms with Crippen molar-refractivity contribution in [1.82, 2.24) is 4.90 Å². The smallest absolute Gasteiger partial charge is 0.156 e. The van der Waals surface area contributed by atoms with Gasteiger partial charge in [-0.1, -0.05) is 0 Å². The quantitative estimate of drug-likeness (QED) is 0.659. The van der Waals surface area contributed by atoms with Crippen LogP contribution >= 0.6 is 0 Å². The number of ketones is 1. The Hall–Kier alpha value is -0.420. The maximum absolute atomic E-state index is 11.4. The van der Waals surface area contributed by atoms with Crippen molar-refractivity contribution in [2.75, 3.05) is 18.8 Å². The highest BCUT2D eigenvalue weighted by molar-refractivity contribution is 7.92. The maximum Gasteiger partial charge on any atom is 0.156 e. The molecule has 0 aliphatic carbocycles. The lowest BCUT2D eigenvalue weighted by Crippen LogP contribution is -2.41. The highest BCUT2D eigenvalue weighted by Crippen LogP contribution is 2.32. The van der Waals surface area contributed by atoms with E-state index in [1.54, 1.807) is 6.92 Å². The van der Waals surface area contributed by atoms with Crippen LogP contribution in [0, 0.1) is 0 Å². The lowest BCUT2D eigenvalue weighted by molar-refractivity contribution is -0.117. The van der Waals surface area contributed by atoms with E-state index >= 15 is 0 Å². The Morgan fingerprint density at radius 1 is 1.50 bits per heavy atom. The number of carbonyl (C=O) groups excluding carboxylic acids is 1. The van der Waals surface area contributed by atoms with Gasteiger partial charge in [-0.25, -0.2) is 8.42 Å². The van der Waals surface area contributed by atoms with E-state index < -0.39 is 9.84 Å². The molecule has 0 radical (unpaired) electrons. The first-order valence-electron chi connectivity index (χ1n) is 4.94. The molecule has 2 fully saturated rings. The molecule has 4 nitrogen and oxygen atoms in total. The Kier molecular flexibility index (Phi) is 2.39. The van der Waals surface area contributed by atoms with E-state index in [0.717, 1.165) is 13.0 Å². The molecule has 2 unspecified atom stereocenters. The lowest BCUT2D eigenvalue weighted by atomic mass is 10.2. The summed E-state index contributed by atoms with van der Waals surface area (Å²) >= 11 is 0. The van der Waals surface area contributed by atoms with Crippen molar-refractivity contribution < 1.29 is 13.2 Å². The van der Waals surface area contributed by atoms with Crippen LogP contribution in [0.15, 0.2) is 0 Å². The zero-order valence-electron chi connectivity index (χ0n) is 8.27. The standard InChI is InChI=1S/C9H15NO3S/c1-7(11)2-3-10-5-9-4-8(10)6-14(9,12)13/h8-9H,2-6H2,1H3. The molecule has 2 rings (SSSR count). The molecule has 2 heterocycles. The number of Topliss-reactive ketones (excluding diaryl/α,β-unsaturated/α-hetero) is 1. The van der Waals surface area contributed by atoms with Gasteiger partial charge in [-0.15, -0.1) is 0 Å². The van der Waals surface area contributed by atoms with E-state index in [4.69, 9.17) is 0 Å². The van der Waals surface area contributed by atoms with Crippen LogP contribution in [-0.4, -0.2) is 49.2 Å². The molecule has 2 saturated heterocycles. The number of likely N-dealkylation sites (tertiary alicyclic amines) is 1. The van der Waals surface area contributed by atoms with Crippen LogP contribution in [0.3, 0.4) is 0 Å². The first-order valence-corrected chi connectivity index (χ1v) is 6.65. The van der Waals surface area contributed by atoms with Gasteiger partial charge in [0.05, 0.1) is 11.0 Å². The predicted octanol–water partition coefficient (Wildman–Crippen LogP) is -0.163. The highest BCUT2D eigenvalue weighted by Gasteiger charge is 2.47. The number of carbonyl (C=O) groups is 1. The third-order valence-electron chi connectivity index (χ3n) is 3.17. The summed E-state index contributed by atoms with van der Waals surface area (Å²) in [7, 11) is -2.79. The molecule has 0 aromatic rings. The van der Waals surface area contributed by atoms with Crippen LogP contribution < -0.4 is 0 Å². The number of sulfone groups is 1. The molecule has 0 aromatic heterocycles. The van der Waals surface area contributed by atoms with E-state index in [-0.39, 0.29) is 17.1 Å². The minimum atomic E-state index is -2.79. The molecule has 80 valence electrons. The lowest BCUT2D eigenvalue weighted by Gasteiger charge is -2.25. The molecule has 14 heavy (non-hydrogen) atoms. The number of hydrogen-bond donors (Lipinski definition) is 0. The van der Waals surface area contributed by atoms with Crippen LogP contribution in [-0.2, 0) is 14.6 Å². The average Bonchev–Trinajstić information content (AvgIpc) is 2.55. The Morgan fingerprint density at radius 2 is 2.21 bits per heavy atom. The van der Waals surface area contributed by atoms with Gasteiger partial charge in [0.2, 0.25) is 0 Å². The molecular formula is C9H15NO3S. The molecule has 2 aliphatic rings. The monoisotopic (exact) mass is 217 g/mol.